The second-order valence-electron chi connectivity index (χ2n) is 7.79. The van der Waals surface area contributed by atoms with E-state index >= 15 is 0 Å². The second kappa shape index (κ2) is 6.11. The maximum atomic E-state index is 12.7. The van der Waals surface area contributed by atoms with Gasteiger partial charge in [0.05, 0.1) is 27.5 Å². The zero-order chi connectivity index (χ0) is 17.5. The zero-order valence-electron chi connectivity index (χ0n) is 14.4. The fourth-order valence-electron chi connectivity index (χ4n) is 3.71. The van der Waals surface area contributed by atoms with Gasteiger partial charge >= 0.3 is 6.09 Å². The topological polar surface area (TPSA) is 82.5 Å². The van der Waals surface area contributed by atoms with Gasteiger partial charge in [-0.25, -0.2) is 13.7 Å². The van der Waals surface area contributed by atoms with Gasteiger partial charge in [-0.2, -0.15) is 0 Å². The molecule has 3 rings (SSSR count). The van der Waals surface area contributed by atoms with Crippen LogP contribution in [0.2, 0.25) is 0 Å². The highest BCUT2D eigenvalue weighted by molar-refractivity contribution is 7.84. The van der Waals surface area contributed by atoms with E-state index in [-0.39, 0.29) is 16.2 Å². The van der Waals surface area contributed by atoms with E-state index in [2.05, 4.69) is 15.8 Å². The number of carbonyl (C=O) groups is 1. The summed E-state index contributed by atoms with van der Waals surface area (Å²) in [4.78, 5) is 17.2. The Hall–Kier alpha value is -1.47. The number of amides is 1. The summed E-state index contributed by atoms with van der Waals surface area (Å²) >= 11 is 0. The van der Waals surface area contributed by atoms with Crippen molar-refractivity contribution in [1.29, 1.82) is 0 Å². The van der Waals surface area contributed by atoms with E-state index < -0.39 is 17.1 Å². The van der Waals surface area contributed by atoms with Crippen molar-refractivity contribution in [2.24, 2.45) is 5.41 Å². The molecule has 2 heterocycles. The molecule has 1 aliphatic carbocycles. The Morgan fingerprint density at radius 1 is 1.42 bits per heavy atom. The molecule has 1 aromatic heterocycles. The number of likely N-dealkylation sites (tertiary alicyclic amines) is 1. The maximum Gasteiger partial charge on any atom is 0.407 e. The van der Waals surface area contributed by atoms with E-state index in [1.807, 2.05) is 26.8 Å². The third-order valence-corrected chi connectivity index (χ3v) is 6.73. The van der Waals surface area contributed by atoms with Crippen LogP contribution in [0.15, 0.2) is 18.3 Å². The van der Waals surface area contributed by atoms with Crippen molar-refractivity contribution in [2.75, 3.05) is 13.1 Å². The van der Waals surface area contributed by atoms with Crippen molar-refractivity contribution >= 4 is 17.1 Å². The molecule has 1 unspecified atom stereocenters. The molecule has 2 N–H and O–H groups in total. The van der Waals surface area contributed by atoms with E-state index in [4.69, 9.17) is 0 Å². The first-order chi connectivity index (χ1) is 11.2. The average Bonchev–Trinajstić information content (AvgIpc) is 2.80. The van der Waals surface area contributed by atoms with Crippen LogP contribution in [0.1, 0.15) is 50.9 Å². The maximum absolute atomic E-state index is 12.7. The number of piperidine rings is 1. The molecule has 0 aromatic carbocycles. The molecule has 6 nitrogen and oxygen atoms in total. The minimum absolute atomic E-state index is 0.0929. The number of hydrogen-bond acceptors (Lipinski definition) is 3. The highest BCUT2D eigenvalue weighted by Crippen LogP contribution is 2.51. The molecular formula is C17H25N3O3S. The van der Waals surface area contributed by atoms with Crippen molar-refractivity contribution in [3.8, 4) is 0 Å². The van der Waals surface area contributed by atoms with Crippen LogP contribution in [0, 0.1) is 5.41 Å². The van der Waals surface area contributed by atoms with Crippen LogP contribution in [0.4, 0.5) is 4.79 Å². The van der Waals surface area contributed by atoms with Crippen molar-refractivity contribution < 1.29 is 14.1 Å². The molecule has 24 heavy (non-hydrogen) atoms. The molecule has 0 saturated carbocycles. The Morgan fingerprint density at radius 3 is 2.67 bits per heavy atom. The number of carboxylic acid groups (broad SMARTS) is 1. The van der Waals surface area contributed by atoms with Gasteiger partial charge in [0.15, 0.2) is 0 Å². The van der Waals surface area contributed by atoms with Gasteiger partial charge in [-0.05, 0) is 57.1 Å². The van der Waals surface area contributed by atoms with E-state index in [0.717, 1.165) is 25.0 Å². The van der Waals surface area contributed by atoms with Gasteiger partial charge in [0, 0.05) is 19.3 Å². The number of rotatable bonds is 2. The minimum atomic E-state index is -1.20. The Balaban J connectivity index is 1.89. The molecule has 1 spiro atoms. The van der Waals surface area contributed by atoms with Crippen molar-refractivity contribution in [2.45, 2.75) is 50.8 Å². The summed E-state index contributed by atoms with van der Waals surface area (Å²) in [6.45, 7) is 6.88. The van der Waals surface area contributed by atoms with Crippen LogP contribution in [-0.4, -0.2) is 43.1 Å². The van der Waals surface area contributed by atoms with Gasteiger partial charge in [0.25, 0.3) is 0 Å². The van der Waals surface area contributed by atoms with Crippen LogP contribution < -0.4 is 4.72 Å². The van der Waals surface area contributed by atoms with Gasteiger partial charge in [0.2, 0.25) is 0 Å². The molecule has 2 atom stereocenters. The Labute approximate surface area is 145 Å². The van der Waals surface area contributed by atoms with Crippen molar-refractivity contribution in [3.63, 3.8) is 0 Å². The summed E-state index contributed by atoms with van der Waals surface area (Å²) in [5.41, 5.74) is 2.05. The van der Waals surface area contributed by atoms with Gasteiger partial charge in [-0.15, -0.1) is 0 Å². The molecule has 1 aromatic rings. The first kappa shape index (κ1) is 17.4. The largest absolute Gasteiger partial charge is 0.465 e. The lowest BCUT2D eigenvalue weighted by Crippen LogP contribution is -2.48. The lowest BCUT2D eigenvalue weighted by molar-refractivity contribution is 0.0763. The lowest BCUT2D eigenvalue weighted by atomic mass is 9.73. The van der Waals surface area contributed by atoms with Crippen molar-refractivity contribution in [3.05, 3.63) is 29.6 Å². The molecule has 2 aliphatic rings. The van der Waals surface area contributed by atoms with Gasteiger partial charge in [-0.3, -0.25) is 4.98 Å². The average molecular weight is 351 g/mol. The first-order valence-electron chi connectivity index (χ1n) is 8.33. The smallest absolute Gasteiger partial charge is 0.407 e. The molecule has 1 saturated heterocycles. The summed E-state index contributed by atoms with van der Waals surface area (Å²) < 4.78 is 15.7. The van der Waals surface area contributed by atoms with E-state index in [1.54, 1.807) is 6.20 Å². The van der Waals surface area contributed by atoms with Gasteiger partial charge in [0.1, 0.15) is 0 Å². The van der Waals surface area contributed by atoms with Crippen LogP contribution in [-0.2, 0) is 17.4 Å². The molecule has 1 aliphatic heterocycles. The summed E-state index contributed by atoms with van der Waals surface area (Å²) in [6.07, 6.45) is 3.30. The SMILES string of the molecule is CC(C)(C)S(=O)N[C@@H]1c2ncccc2CC12CCN(C(=O)O)CC2. The highest BCUT2D eigenvalue weighted by atomic mass is 32.2. The number of hydrogen-bond donors (Lipinski definition) is 2. The zero-order valence-corrected chi connectivity index (χ0v) is 15.2. The van der Waals surface area contributed by atoms with Crippen molar-refractivity contribution in [1.82, 2.24) is 14.6 Å². The fraction of sp³-hybridized carbons (Fsp3) is 0.647. The minimum Gasteiger partial charge on any atom is -0.465 e. The van der Waals surface area contributed by atoms with Crippen LogP contribution in [0.5, 0.6) is 0 Å². The predicted octanol–water partition coefficient (Wildman–Crippen LogP) is 2.49. The molecule has 1 fully saturated rings. The van der Waals surface area contributed by atoms with E-state index in [1.165, 1.54) is 10.5 Å². The normalized spacial score (nSPS) is 24.0. The fourth-order valence-corrected chi connectivity index (χ4v) is 4.63. The monoisotopic (exact) mass is 351 g/mol. The predicted molar refractivity (Wildman–Crippen MR) is 93.0 cm³/mol. The number of pyridine rings is 1. The Kier molecular flexibility index (Phi) is 4.42. The quantitative estimate of drug-likeness (QED) is 0.857. The van der Waals surface area contributed by atoms with Gasteiger partial charge in [-0.1, -0.05) is 6.07 Å². The third-order valence-electron chi connectivity index (χ3n) is 5.17. The summed E-state index contributed by atoms with van der Waals surface area (Å²) in [5, 5.41) is 9.21. The molecule has 7 heteroatoms. The Bertz CT molecular complexity index is 663. The number of aromatic nitrogens is 1. The van der Waals surface area contributed by atoms with Crippen LogP contribution in [0.25, 0.3) is 0 Å². The first-order valence-corrected chi connectivity index (χ1v) is 9.48. The summed E-state index contributed by atoms with van der Waals surface area (Å²) in [6, 6.07) is 3.92. The molecule has 132 valence electrons. The van der Waals surface area contributed by atoms with E-state index in [0.29, 0.717) is 13.1 Å². The molecule has 0 radical (unpaired) electrons. The van der Waals surface area contributed by atoms with Crippen LogP contribution >= 0.6 is 0 Å². The number of nitrogens with zero attached hydrogens (tertiary/aromatic N) is 2. The second-order valence-corrected chi connectivity index (χ2v) is 9.79. The third kappa shape index (κ3) is 3.07. The van der Waals surface area contributed by atoms with E-state index in [9.17, 15) is 14.1 Å². The number of fused-ring (bicyclic) bond motifs is 1. The Morgan fingerprint density at radius 2 is 2.08 bits per heavy atom. The summed E-state index contributed by atoms with van der Waals surface area (Å²) in [7, 11) is -1.20. The standard InChI is InChI=1S/C17H25N3O3S/c1-16(2,3)24(23)19-14-13-12(5-4-8-18-13)11-17(14)6-9-20(10-7-17)15(21)22/h4-5,8,14,19H,6-7,9-11H2,1-3H3,(H,21,22)/t14-,24?/m1/s1. The molecular weight excluding hydrogens is 326 g/mol. The lowest BCUT2D eigenvalue weighted by Gasteiger charge is -2.42. The number of nitrogens with one attached hydrogen (secondary N) is 1. The van der Waals surface area contributed by atoms with Crippen LogP contribution in [0.3, 0.4) is 0 Å². The van der Waals surface area contributed by atoms with Gasteiger partial charge < -0.3 is 10.0 Å². The molecule has 1 amide bonds. The summed E-state index contributed by atoms with van der Waals surface area (Å²) in [5.74, 6) is 0. The molecule has 0 bridgehead atoms. The highest BCUT2D eigenvalue weighted by Gasteiger charge is 2.50.